The molecule has 0 radical (unpaired) electrons. The molecule has 0 unspecified atom stereocenters. The number of hydrogen-bond acceptors (Lipinski definition) is 6. The Morgan fingerprint density at radius 3 is 2.65 bits per heavy atom. The van der Waals surface area contributed by atoms with Crippen molar-refractivity contribution in [3.8, 4) is 6.07 Å². The van der Waals surface area contributed by atoms with E-state index in [1.54, 1.807) is 35.2 Å². The molecule has 0 saturated carbocycles. The second kappa shape index (κ2) is 8.38. The van der Waals surface area contributed by atoms with E-state index in [2.05, 4.69) is 26.8 Å². The van der Waals surface area contributed by atoms with E-state index in [1.165, 1.54) is 0 Å². The average Bonchev–Trinajstić information content (AvgIpc) is 3.15. The maximum absolute atomic E-state index is 13.5. The van der Waals surface area contributed by atoms with Gasteiger partial charge in [0, 0.05) is 28.4 Å². The lowest BCUT2D eigenvalue weighted by Gasteiger charge is -2.43. The van der Waals surface area contributed by atoms with Crippen LogP contribution < -0.4 is 10.6 Å². The van der Waals surface area contributed by atoms with Gasteiger partial charge >= 0.3 is 0 Å². The van der Waals surface area contributed by atoms with Crippen LogP contribution >= 0.6 is 34.7 Å². The number of thiophene rings is 1. The summed E-state index contributed by atoms with van der Waals surface area (Å²) in [6.07, 6.45) is 1.16. The van der Waals surface area contributed by atoms with Gasteiger partial charge in [-0.15, -0.1) is 23.1 Å². The Kier molecular flexibility index (Phi) is 5.95. The van der Waals surface area contributed by atoms with Crippen LogP contribution in [0.4, 0.5) is 5.69 Å². The van der Waals surface area contributed by atoms with Gasteiger partial charge in [0.05, 0.1) is 21.8 Å². The largest absolute Gasteiger partial charge is 0.384 e. The van der Waals surface area contributed by atoms with Crippen molar-refractivity contribution in [1.82, 2.24) is 0 Å². The number of rotatable bonds is 4. The molecule has 1 aliphatic heterocycles. The van der Waals surface area contributed by atoms with Crippen LogP contribution in [-0.4, -0.2) is 11.5 Å². The van der Waals surface area contributed by atoms with E-state index < -0.39 is 5.92 Å². The van der Waals surface area contributed by atoms with Crippen molar-refractivity contribution in [2.24, 2.45) is 11.1 Å². The van der Waals surface area contributed by atoms with Crippen molar-refractivity contribution in [1.29, 1.82) is 5.26 Å². The number of Topliss-reactive ketones (excluding diaryl/α,β-unsaturated/α-hetero) is 1. The Hall–Kier alpha value is -2.20. The van der Waals surface area contributed by atoms with Crippen LogP contribution in [0.25, 0.3) is 0 Å². The Labute approximate surface area is 196 Å². The molecule has 0 saturated heterocycles. The molecule has 1 aromatic heterocycles. The first kappa shape index (κ1) is 22.0. The number of thioether (sulfide) groups is 1. The van der Waals surface area contributed by atoms with Gasteiger partial charge in [0.25, 0.3) is 0 Å². The first-order valence-electron chi connectivity index (χ1n) is 10.2. The van der Waals surface area contributed by atoms with Crippen LogP contribution in [0.1, 0.15) is 45.1 Å². The van der Waals surface area contributed by atoms with E-state index in [1.807, 2.05) is 28.5 Å². The number of hydrogen-bond donors (Lipinski definition) is 1. The zero-order valence-electron chi connectivity index (χ0n) is 17.7. The number of benzene rings is 1. The molecule has 160 valence electrons. The highest BCUT2D eigenvalue weighted by atomic mass is 35.5. The summed E-state index contributed by atoms with van der Waals surface area (Å²) in [5, 5.41) is 12.8. The van der Waals surface area contributed by atoms with Crippen molar-refractivity contribution in [3.05, 3.63) is 69.0 Å². The molecule has 0 bridgehead atoms. The Morgan fingerprint density at radius 2 is 2.00 bits per heavy atom. The van der Waals surface area contributed by atoms with Crippen LogP contribution in [0.15, 0.2) is 62.6 Å². The van der Waals surface area contributed by atoms with Crippen molar-refractivity contribution in [3.63, 3.8) is 0 Å². The third kappa shape index (κ3) is 3.91. The van der Waals surface area contributed by atoms with E-state index >= 15 is 0 Å². The fraction of sp³-hybridized carbons (Fsp3) is 0.333. The Morgan fingerprint density at radius 1 is 1.29 bits per heavy atom. The monoisotopic (exact) mass is 469 g/mol. The number of nitrogens with two attached hydrogens (primary N) is 1. The highest BCUT2D eigenvalue weighted by molar-refractivity contribution is 8.01. The number of allylic oxidation sites excluding steroid dienone is 3. The van der Waals surface area contributed by atoms with E-state index in [-0.39, 0.29) is 11.2 Å². The summed E-state index contributed by atoms with van der Waals surface area (Å²) in [4.78, 5) is 15.4. The molecule has 7 heteroatoms. The number of ketones is 1. The highest BCUT2D eigenvalue weighted by Crippen LogP contribution is 2.52. The SMILES string of the molecule is CCSc1sccc1[C@H]1C(C#N)=C(N)N(c2ccc(Cl)cc2)C2=C1C(=O)CC(C)(C)C2. The molecule has 1 aliphatic carbocycles. The smallest absolute Gasteiger partial charge is 0.162 e. The molecule has 4 rings (SSSR count). The molecule has 31 heavy (non-hydrogen) atoms. The van der Waals surface area contributed by atoms with E-state index in [4.69, 9.17) is 17.3 Å². The Bertz CT molecular complexity index is 1140. The number of anilines is 1. The van der Waals surface area contributed by atoms with Crippen LogP contribution in [0.3, 0.4) is 0 Å². The van der Waals surface area contributed by atoms with E-state index in [9.17, 15) is 10.1 Å². The van der Waals surface area contributed by atoms with E-state index in [0.29, 0.717) is 34.8 Å². The molecule has 2 N–H and O–H groups in total. The van der Waals surface area contributed by atoms with Gasteiger partial charge in [-0.3, -0.25) is 9.69 Å². The molecule has 2 heterocycles. The van der Waals surface area contributed by atoms with Crippen molar-refractivity contribution in [2.45, 2.75) is 43.7 Å². The molecule has 0 amide bonds. The predicted octanol–water partition coefficient (Wildman–Crippen LogP) is 6.45. The van der Waals surface area contributed by atoms with E-state index in [0.717, 1.165) is 26.9 Å². The maximum atomic E-state index is 13.5. The lowest BCUT2D eigenvalue weighted by atomic mass is 9.69. The number of halogens is 1. The molecule has 1 atom stereocenters. The van der Waals surface area contributed by atoms with Crippen LogP contribution in [0, 0.1) is 16.7 Å². The summed E-state index contributed by atoms with van der Waals surface area (Å²) >= 11 is 9.49. The topological polar surface area (TPSA) is 70.1 Å². The third-order valence-corrected chi connectivity index (χ3v) is 8.11. The molecule has 4 nitrogen and oxygen atoms in total. The molecule has 2 aliphatic rings. The zero-order chi connectivity index (χ0) is 22.3. The number of nitrogens with zero attached hydrogens (tertiary/aromatic N) is 2. The van der Waals surface area contributed by atoms with Crippen LogP contribution in [-0.2, 0) is 4.79 Å². The van der Waals surface area contributed by atoms with Gasteiger partial charge in [-0.1, -0.05) is 32.4 Å². The number of carbonyl (C=O) groups excluding carboxylic acids is 1. The standard InChI is InChI=1S/C24H24ClN3OS2/c1-4-30-23-16(9-10-31-23)20-17(13-26)22(27)28(15-7-5-14(25)6-8-15)18-11-24(2,3)12-19(29)21(18)20/h5-10,20H,4,11-12,27H2,1-3H3/t20-/m0/s1. The van der Waals surface area contributed by atoms with Gasteiger partial charge in [0.2, 0.25) is 0 Å². The molecular weight excluding hydrogens is 446 g/mol. The lowest BCUT2D eigenvalue weighted by molar-refractivity contribution is -0.118. The van der Waals surface area contributed by atoms with Crippen molar-refractivity contribution in [2.75, 3.05) is 10.7 Å². The first-order valence-corrected chi connectivity index (χ1v) is 12.4. The minimum absolute atomic E-state index is 0.0918. The average molecular weight is 470 g/mol. The van der Waals surface area contributed by atoms with Gasteiger partial charge in [-0.05, 0) is 58.9 Å². The lowest BCUT2D eigenvalue weighted by Crippen LogP contribution is -2.42. The maximum Gasteiger partial charge on any atom is 0.162 e. The van der Waals surface area contributed by atoms with Gasteiger partial charge in [0.15, 0.2) is 5.78 Å². The predicted molar refractivity (Wildman–Crippen MR) is 129 cm³/mol. The molecule has 2 aromatic rings. The fourth-order valence-corrected chi connectivity index (χ4v) is 6.67. The molecule has 0 fully saturated rings. The van der Waals surface area contributed by atoms with Crippen molar-refractivity contribution >= 4 is 46.2 Å². The molecule has 0 spiro atoms. The zero-order valence-corrected chi connectivity index (χ0v) is 20.1. The summed E-state index contributed by atoms with van der Waals surface area (Å²) in [6, 6.07) is 11.7. The first-order chi connectivity index (χ1) is 14.8. The second-order valence-electron chi connectivity index (χ2n) is 8.55. The highest BCUT2D eigenvalue weighted by Gasteiger charge is 2.45. The quantitative estimate of drug-likeness (QED) is 0.520. The van der Waals surface area contributed by atoms with Crippen molar-refractivity contribution < 1.29 is 4.79 Å². The summed E-state index contributed by atoms with van der Waals surface area (Å²) in [5.74, 6) is 0.977. The normalized spacial score (nSPS) is 20.7. The minimum atomic E-state index is -0.424. The summed E-state index contributed by atoms with van der Waals surface area (Å²) < 4.78 is 1.14. The summed E-state index contributed by atoms with van der Waals surface area (Å²) in [7, 11) is 0. The van der Waals surface area contributed by atoms with Gasteiger partial charge < -0.3 is 5.73 Å². The summed E-state index contributed by atoms with van der Waals surface area (Å²) in [6.45, 7) is 6.31. The van der Waals surface area contributed by atoms with Crippen LogP contribution in [0.2, 0.25) is 5.02 Å². The number of nitriles is 1. The van der Waals surface area contributed by atoms with Gasteiger partial charge in [-0.2, -0.15) is 5.26 Å². The Balaban J connectivity index is 1.98. The third-order valence-electron chi connectivity index (χ3n) is 5.71. The van der Waals surface area contributed by atoms with Gasteiger partial charge in [0.1, 0.15) is 5.82 Å². The van der Waals surface area contributed by atoms with Crippen LogP contribution in [0.5, 0.6) is 0 Å². The number of carbonyl (C=O) groups is 1. The molecule has 1 aromatic carbocycles. The second-order valence-corrected chi connectivity index (χ2v) is 11.4. The minimum Gasteiger partial charge on any atom is -0.384 e. The summed E-state index contributed by atoms with van der Waals surface area (Å²) in [5.41, 5.74) is 10.3. The van der Waals surface area contributed by atoms with Gasteiger partial charge in [-0.25, -0.2) is 0 Å². The fourth-order valence-electron chi connectivity index (χ4n) is 4.47. The molecular formula is C24H24ClN3OS2.